The average molecular weight is 290 g/mol. The second-order valence-corrected chi connectivity index (χ2v) is 5.32. The molecule has 4 rings (SSSR count). The predicted molar refractivity (Wildman–Crippen MR) is 86.5 cm³/mol. The number of primary amides is 1. The van der Waals surface area contributed by atoms with Gasteiger partial charge in [0, 0.05) is 29.7 Å². The first kappa shape index (κ1) is 12.6. The molecule has 2 aromatic carbocycles. The first-order chi connectivity index (χ1) is 10.6. The number of fused-ring (bicyclic) bond motifs is 2. The Balaban J connectivity index is 2.01. The van der Waals surface area contributed by atoms with E-state index in [1.807, 2.05) is 31.4 Å². The number of hydrogen-bond acceptors (Lipinski definition) is 2. The molecule has 0 saturated carbocycles. The molecular formula is C17H14N4O. The van der Waals surface area contributed by atoms with Gasteiger partial charge in [-0.3, -0.25) is 4.79 Å². The van der Waals surface area contributed by atoms with Crippen molar-refractivity contribution >= 4 is 27.8 Å². The van der Waals surface area contributed by atoms with Crippen molar-refractivity contribution < 1.29 is 4.79 Å². The molecule has 22 heavy (non-hydrogen) atoms. The van der Waals surface area contributed by atoms with Gasteiger partial charge >= 0.3 is 0 Å². The fraction of sp³-hybridized carbons (Fsp3) is 0.0588. The molecule has 0 spiro atoms. The zero-order valence-electron chi connectivity index (χ0n) is 12.0. The number of benzene rings is 2. The maximum Gasteiger partial charge on any atom is 0.250 e. The predicted octanol–water partition coefficient (Wildman–Crippen LogP) is 2.82. The Labute approximate surface area is 126 Å². The maximum atomic E-state index is 11.5. The van der Waals surface area contributed by atoms with Gasteiger partial charge in [-0.25, -0.2) is 4.98 Å². The standard InChI is InChI=1S/C17H14N4O/c1-21-9-12(10-5-2-3-8-14(10)21)17-19-13-7-4-6-11(16(18)22)15(13)20-17/h2-9H,1H3,(H2,18,22)(H,19,20). The monoisotopic (exact) mass is 290 g/mol. The maximum absolute atomic E-state index is 11.5. The Kier molecular flexibility index (Phi) is 2.56. The van der Waals surface area contributed by atoms with E-state index in [1.165, 1.54) is 0 Å². The van der Waals surface area contributed by atoms with Crippen molar-refractivity contribution in [3.05, 3.63) is 54.2 Å². The lowest BCUT2D eigenvalue weighted by Gasteiger charge is -1.94. The van der Waals surface area contributed by atoms with Gasteiger partial charge in [-0.1, -0.05) is 24.3 Å². The summed E-state index contributed by atoms with van der Waals surface area (Å²) in [7, 11) is 2.00. The molecule has 0 aliphatic rings. The van der Waals surface area contributed by atoms with Gasteiger partial charge in [0.2, 0.25) is 0 Å². The van der Waals surface area contributed by atoms with Crippen LogP contribution >= 0.6 is 0 Å². The number of nitrogens with one attached hydrogen (secondary N) is 1. The Hall–Kier alpha value is -3.08. The van der Waals surface area contributed by atoms with Crippen molar-refractivity contribution in [3.63, 3.8) is 0 Å². The largest absolute Gasteiger partial charge is 0.366 e. The molecule has 0 fully saturated rings. The third kappa shape index (κ3) is 1.72. The lowest BCUT2D eigenvalue weighted by molar-refractivity contribution is 0.100. The van der Waals surface area contributed by atoms with Crippen LogP contribution in [-0.2, 0) is 7.05 Å². The highest BCUT2D eigenvalue weighted by Gasteiger charge is 2.15. The number of aromatic amines is 1. The number of aryl methyl sites for hydroxylation is 1. The number of H-pyrrole nitrogens is 1. The summed E-state index contributed by atoms with van der Waals surface area (Å²) in [5, 5.41) is 1.12. The number of para-hydroxylation sites is 2. The molecule has 0 aliphatic heterocycles. The molecule has 2 aromatic heterocycles. The Morgan fingerprint density at radius 1 is 1.18 bits per heavy atom. The van der Waals surface area contributed by atoms with Crippen molar-refractivity contribution in [2.45, 2.75) is 0 Å². The van der Waals surface area contributed by atoms with Crippen LogP contribution in [0.15, 0.2) is 48.7 Å². The highest BCUT2D eigenvalue weighted by Crippen LogP contribution is 2.30. The summed E-state index contributed by atoms with van der Waals surface area (Å²) >= 11 is 0. The number of aromatic nitrogens is 3. The van der Waals surface area contributed by atoms with E-state index in [0.29, 0.717) is 11.1 Å². The van der Waals surface area contributed by atoms with Gasteiger partial charge in [0.1, 0.15) is 11.3 Å². The topological polar surface area (TPSA) is 76.7 Å². The highest BCUT2D eigenvalue weighted by molar-refractivity contribution is 6.05. The second kappa shape index (κ2) is 4.46. The first-order valence-corrected chi connectivity index (χ1v) is 6.98. The van der Waals surface area contributed by atoms with Crippen molar-refractivity contribution in [1.29, 1.82) is 0 Å². The molecule has 5 heteroatoms. The van der Waals surface area contributed by atoms with Crippen molar-refractivity contribution in [3.8, 4) is 11.4 Å². The fourth-order valence-corrected chi connectivity index (χ4v) is 2.89. The van der Waals surface area contributed by atoms with E-state index in [4.69, 9.17) is 5.73 Å². The van der Waals surface area contributed by atoms with E-state index < -0.39 is 5.91 Å². The number of imidazole rings is 1. The molecule has 0 bridgehead atoms. The summed E-state index contributed by atoms with van der Waals surface area (Å²) in [6.45, 7) is 0. The lowest BCUT2D eigenvalue weighted by atomic mass is 10.1. The summed E-state index contributed by atoms with van der Waals surface area (Å²) in [4.78, 5) is 19.4. The number of rotatable bonds is 2. The molecule has 3 N–H and O–H groups in total. The van der Waals surface area contributed by atoms with Crippen LogP contribution in [0, 0.1) is 0 Å². The normalized spacial score (nSPS) is 11.3. The van der Waals surface area contributed by atoms with E-state index in [9.17, 15) is 4.79 Å². The number of amides is 1. The third-order valence-corrected chi connectivity index (χ3v) is 3.93. The van der Waals surface area contributed by atoms with Crippen LogP contribution in [0.4, 0.5) is 0 Å². The Morgan fingerprint density at radius 3 is 2.82 bits per heavy atom. The number of nitrogens with two attached hydrogens (primary N) is 1. The van der Waals surface area contributed by atoms with Crippen molar-refractivity contribution in [1.82, 2.24) is 14.5 Å². The van der Waals surface area contributed by atoms with Crippen LogP contribution in [0.25, 0.3) is 33.3 Å². The number of carbonyl (C=O) groups excluding carboxylic acids is 1. The number of hydrogen-bond donors (Lipinski definition) is 2. The second-order valence-electron chi connectivity index (χ2n) is 5.32. The summed E-state index contributed by atoms with van der Waals surface area (Å²) in [6, 6.07) is 13.5. The Morgan fingerprint density at radius 2 is 2.00 bits per heavy atom. The van der Waals surface area contributed by atoms with Crippen LogP contribution in [0.3, 0.4) is 0 Å². The van der Waals surface area contributed by atoms with E-state index in [1.54, 1.807) is 12.1 Å². The summed E-state index contributed by atoms with van der Waals surface area (Å²) < 4.78 is 2.06. The zero-order valence-corrected chi connectivity index (χ0v) is 12.0. The van der Waals surface area contributed by atoms with Crippen LogP contribution in [0.2, 0.25) is 0 Å². The molecule has 0 aliphatic carbocycles. The van der Waals surface area contributed by atoms with Crippen LogP contribution in [0.1, 0.15) is 10.4 Å². The molecule has 0 atom stereocenters. The molecule has 0 radical (unpaired) electrons. The molecule has 108 valence electrons. The van der Waals surface area contributed by atoms with Gasteiger partial charge < -0.3 is 15.3 Å². The smallest absolute Gasteiger partial charge is 0.250 e. The van der Waals surface area contributed by atoms with Gasteiger partial charge in [-0.05, 0) is 18.2 Å². The summed E-state index contributed by atoms with van der Waals surface area (Å²) in [5.74, 6) is 0.266. The quantitative estimate of drug-likeness (QED) is 0.595. The van der Waals surface area contributed by atoms with Crippen molar-refractivity contribution in [2.75, 3.05) is 0 Å². The molecular weight excluding hydrogens is 276 g/mol. The minimum Gasteiger partial charge on any atom is -0.366 e. The van der Waals surface area contributed by atoms with Gasteiger partial charge in [0.25, 0.3) is 5.91 Å². The van der Waals surface area contributed by atoms with Gasteiger partial charge in [-0.2, -0.15) is 0 Å². The van der Waals surface area contributed by atoms with Gasteiger partial charge in [0.15, 0.2) is 0 Å². The number of nitrogens with zero attached hydrogens (tertiary/aromatic N) is 2. The molecule has 1 amide bonds. The van der Waals surface area contributed by atoms with Crippen LogP contribution < -0.4 is 5.73 Å². The van der Waals surface area contributed by atoms with Crippen LogP contribution in [-0.4, -0.2) is 20.4 Å². The van der Waals surface area contributed by atoms with Gasteiger partial charge in [-0.15, -0.1) is 0 Å². The fourth-order valence-electron chi connectivity index (χ4n) is 2.89. The molecule has 4 aromatic rings. The van der Waals surface area contributed by atoms with Crippen LogP contribution in [0.5, 0.6) is 0 Å². The van der Waals surface area contributed by atoms with E-state index in [2.05, 4.69) is 26.7 Å². The van der Waals surface area contributed by atoms with E-state index in [-0.39, 0.29) is 0 Å². The summed E-state index contributed by atoms with van der Waals surface area (Å²) in [6.07, 6.45) is 2.03. The minimum atomic E-state index is -0.471. The molecule has 0 saturated heterocycles. The molecule has 2 heterocycles. The molecule has 5 nitrogen and oxygen atoms in total. The first-order valence-electron chi connectivity index (χ1n) is 6.98. The van der Waals surface area contributed by atoms with E-state index >= 15 is 0 Å². The average Bonchev–Trinajstić information content (AvgIpc) is 3.08. The zero-order chi connectivity index (χ0) is 15.3. The number of carbonyl (C=O) groups is 1. The van der Waals surface area contributed by atoms with Gasteiger partial charge in [0.05, 0.1) is 11.1 Å². The lowest BCUT2D eigenvalue weighted by Crippen LogP contribution is -2.11. The van der Waals surface area contributed by atoms with E-state index in [0.717, 1.165) is 27.8 Å². The van der Waals surface area contributed by atoms with Crippen molar-refractivity contribution in [2.24, 2.45) is 12.8 Å². The summed E-state index contributed by atoms with van der Waals surface area (Å²) in [5.41, 5.74) is 9.41. The SMILES string of the molecule is Cn1cc(-c2nc3c(C(N)=O)cccc3[nH]2)c2ccccc21. The highest BCUT2D eigenvalue weighted by atomic mass is 16.1. The third-order valence-electron chi connectivity index (χ3n) is 3.93. The Bertz CT molecular complexity index is 1030. The minimum absolute atomic E-state index is 0.431. The molecule has 0 unspecified atom stereocenters.